The summed E-state index contributed by atoms with van der Waals surface area (Å²) in [5, 5.41) is 0. The van der Waals surface area contributed by atoms with Gasteiger partial charge in [0.05, 0.1) is 0 Å². The number of Topliss-reactive ketones (excluding diaryl/α,β-unsaturated/α-hetero) is 2. The molecule has 0 spiro atoms. The molecule has 0 aromatic rings. The summed E-state index contributed by atoms with van der Waals surface area (Å²) in [6, 6.07) is 0. The first-order valence-corrected chi connectivity index (χ1v) is 14.4. The molecule has 0 saturated carbocycles. The van der Waals surface area contributed by atoms with Crippen LogP contribution in [0.1, 0.15) is 121 Å². The van der Waals surface area contributed by atoms with E-state index in [1.807, 2.05) is 53.7 Å². The first-order valence-electron chi connectivity index (χ1n) is 14.4. The van der Waals surface area contributed by atoms with Crippen LogP contribution in [0.15, 0.2) is 46.6 Å². The van der Waals surface area contributed by atoms with Crippen molar-refractivity contribution in [3.05, 3.63) is 46.6 Å². The van der Waals surface area contributed by atoms with Gasteiger partial charge < -0.3 is 4.74 Å². The minimum atomic E-state index is -1.23. The minimum Gasteiger partial charge on any atom is -0.453 e. The van der Waals surface area contributed by atoms with Crippen molar-refractivity contribution in [2.24, 2.45) is 22.7 Å². The average Bonchev–Trinajstić information content (AvgIpc) is 3.02. The summed E-state index contributed by atoms with van der Waals surface area (Å²) < 4.78 is 5.79. The number of carbonyl (C=O) groups is 3. The molecule has 0 bridgehead atoms. The first-order chi connectivity index (χ1) is 17.5. The second-order valence-corrected chi connectivity index (χ2v) is 13.0. The first kappa shape index (κ1) is 33.8. The molecular formula is C34H54O4. The monoisotopic (exact) mass is 526 g/mol. The smallest absolute Gasteiger partial charge is 0.320 e. The molecule has 4 atom stereocenters. The van der Waals surface area contributed by atoms with Crippen LogP contribution in [0.2, 0.25) is 0 Å². The van der Waals surface area contributed by atoms with Crippen molar-refractivity contribution in [1.29, 1.82) is 0 Å². The van der Waals surface area contributed by atoms with Gasteiger partial charge >= 0.3 is 5.97 Å². The van der Waals surface area contributed by atoms with Crippen molar-refractivity contribution in [1.82, 2.24) is 0 Å². The number of hydrogen-bond donors (Lipinski definition) is 0. The molecule has 0 aromatic heterocycles. The van der Waals surface area contributed by atoms with Crippen LogP contribution in [0.25, 0.3) is 0 Å². The summed E-state index contributed by atoms with van der Waals surface area (Å²) in [6.45, 7) is 22.4. The largest absolute Gasteiger partial charge is 0.453 e. The van der Waals surface area contributed by atoms with Gasteiger partial charge in [-0.05, 0) is 98.8 Å². The van der Waals surface area contributed by atoms with E-state index in [0.29, 0.717) is 25.7 Å². The predicted molar refractivity (Wildman–Crippen MR) is 159 cm³/mol. The molecule has 1 saturated heterocycles. The van der Waals surface area contributed by atoms with E-state index in [1.54, 1.807) is 0 Å². The maximum Gasteiger partial charge on any atom is 0.320 e. The topological polar surface area (TPSA) is 60.4 Å². The Morgan fingerprint density at radius 3 is 1.95 bits per heavy atom. The molecule has 0 radical (unpaired) electrons. The van der Waals surface area contributed by atoms with E-state index in [4.69, 9.17) is 4.74 Å². The van der Waals surface area contributed by atoms with Crippen LogP contribution in [0.5, 0.6) is 0 Å². The van der Waals surface area contributed by atoms with Gasteiger partial charge in [-0.2, -0.15) is 0 Å². The molecule has 0 aliphatic carbocycles. The Bertz CT molecular complexity index is 960. The van der Waals surface area contributed by atoms with Gasteiger partial charge in [0, 0.05) is 18.8 Å². The molecule has 4 heteroatoms. The Hall–Kier alpha value is -2.23. The zero-order chi connectivity index (χ0) is 29.3. The molecule has 1 aliphatic rings. The number of ketones is 2. The van der Waals surface area contributed by atoms with Crippen LogP contribution in [-0.2, 0) is 19.1 Å². The zero-order valence-electron chi connectivity index (χ0n) is 26.1. The Morgan fingerprint density at radius 2 is 1.45 bits per heavy atom. The highest BCUT2D eigenvalue weighted by molar-refractivity contribution is 6.11. The lowest BCUT2D eigenvalue weighted by Crippen LogP contribution is -2.41. The van der Waals surface area contributed by atoms with Gasteiger partial charge in [-0.1, -0.05) is 67.4 Å². The summed E-state index contributed by atoms with van der Waals surface area (Å²) in [6.07, 6.45) is 11.6. The quantitative estimate of drug-likeness (QED) is 0.121. The summed E-state index contributed by atoms with van der Waals surface area (Å²) in [4.78, 5) is 40.8. The SMILES string of the molecule is CC(C)=CCC[C@@](C)(CC(=O)C(C)C)[C@@H](CC=C(C)C)C[C@]1(CC=C(C)C)C(=O)OC(CC=C(C)C)C1=O. The molecule has 214 valence electrons. The molecule has 0 aromatic carbocycles. The van der Waals surface area contributed by atoms with E-state index in [9.17, 15) is 14.4 Å². The van der Waals surface area contributed by atoms with Crippen LogP contribution < -0.4 is 0 Å². The number of hydrogen-bond acceptors (Lipinski definition) is 4. The number of ether oxygens (including phenoxy) is 1. The maximum absolute atomic E-state index is 14.0. The van der Waals surface area contributed by atoms with Crippen molar-refractivity contribution in [3.63, 3.8) is 0 Å². The van der Waals surface area contributed by atoms with Gasteiger partial charge in [0.25, 0.3) is 0 Å². The molecule has 1 fully saturated rings. The van der Waals surface area contributed by atoms with Gasteiger partial charge in [-0.3, -0.25) is 14.4 Å². The van der Waals surface area contributed by atoms with Crippen LogP contribution in [0, 0.1) is 22.7 Å². The lowest BCUT2D eigenvalue weighted by Gasteiger charge is -2.41. The van der Waals surface area contributed by atoms with Gasteiger partial charge in [0.15, 0.2) is 11.9 Å². The van der Waals surface area contributed by atoms with E-state index in [-0.39, 0.29) is 28.8 Å². The Balaban J connectivity index is 3.66. The molecule has 1 rings (SSSR count). The second kappa shape index (κ2) is 14.8. The molecular weight excluding hydrogens is 472 g/mol. The Labute approximate surface area is 233 Å². The number of cyclic esters (lactones) is 1. The number of carbonyl (C=O) groups excluding carboxylic acids is 3. The van der Waals surface area contributed by atoms with E-state index < -0.39 is 17.5 Å². The lowest BCUT2D eigenvalue weighted by atomic mass is 9.61. The van der Waals surface area contributed by atoms with Crippen molar-refractivity contribution in [3.8, 4) is 0 Å². The summed E-state index contributed by atoms with van der Waals surface area (Å²) >= 11 is 0. The molecule has 1 aliphatic heterocycles. The second-order valence-electron chi connectivity index (χ2n) is 13.0. The van der Waals surface area contributed by atoms with Gasteiger partial charge in [0.1, 0.15) is 11.2 Å². The van der Waals surface area contributed by atoms with E-state index in [1.165, 1.54) is 11.1 Å². The van der Waals surface area contributed by atoms with Gasteiger partial charge in [-0.25, -0.2) is 0 Å². The van der Waals surface area contributed by atoms with Crippen LogP contribution >= 0.6 is 0 Å². The third-order valence-corrected chi connectivity index (χ3v) is 7.88. The lowest BCUT2D eigenvalue weighted by molar-refractivity contribution is -0.150. The van der Waals surface area contributed by atoms with Crippen LogP contribution in [0.4, 0.5) is 0 Å². The molecule has 1 heterocycles. The predicted octanol–water partition coefficient (Wildman–Crippen LogP) is 8.91. The van der Waals surface area contributed by atoms with Crippen molar-refractivity contribution in [2.75, 3.05) is 0 Å². The maximum atomic E-state index is 14.0. The summed E-state index contributed by atoms with van der Waals surface area (Å²) in [5.74, 6) is -0.382. The van der Waals surface area contributed by atoms with E-state index in [2.05, 4.69) is 46.8 Å². The Kier molecular flexibility index (Phi) is 13.2. The Morgan fingerprint density at radius 1 is 0.895 bits per heavy atom. The summed E-state index contributed by atoms with van der Waals surface area (Å²) in [5.41, 5.74) is 3.01. The third kappa shape index (κ3) is 9.82. The zero-order valence-corrected chi connectivity index (χ0v) is 26.1. The standard InChI is InChI=1S/C34H54O4/c1-23(2)13-12-19-33(11,22-29(35)27(9)10)28(16-14-24(3)4)21-34(20-18-26(7)8)31(36)30(38-32(34)37)17-15-25(5)6/h13-15,18,27-28,30H,12,16-17,19-22H2,1-11H3/t28-,30?,33-,34-/m0/s1. The molecule has 0 amide bonds. The highest BCUT2D eigenvalue weighted by Crippen LogP contribution is 2.50. The fraction of sp³-hybridized carbons (Fsp3) is 0.676. The van der Waals surface area contributed by atoms with Crippen LogP contribution in [0.3, 0.4) is 0 Å². The average molecular weight is 527 g/mol. The molecule has 4 nitrogen and oxygen atoms in total. The molecule has 0 N–H and O–H groups in total. The van der Waals surface area contributed by atoms with E-state index in [0.717, 1.165) is 30.4 Å². The molecule has 38 heavy (non-hydrogen) atoms. The fourth-order valence-corrected chi connectivity index (χ4v) is 5.17. The highest BCUT2D eigenvalue weighted by atomic mass is 16.6. The van der Waals surface area contributed by atoms with Gasteiger partial charge in [0.2, 0.25) is 0 Å². The van der Waals surface area contributed by atoms with Crippen LogP contribution in [-0.4, -0.2) is 23.6 Å². The highest BCUT2D eigenvalue weighted by Gasteiger charge is 2.58. The number of allylic oxidation sites excluding steroid dienone is 7. The number of esters is 1. The molecule has 1 unspecified atom stereocenters. The van der Waals surface area contributed by atoms with E-state index >= 15 is 0 Å². The third-order valence-electron chi connectivity index (χ3n) is 7.88. The van der Waals surface area contributed by atoms with Crippen molar-refractivity contribution in [2.45, 2.75) is 127 Å². The van der Waals surface area contributed by atoms with Crippen molar-refractivity contribution >= 4 is 17.5 Å². The van der Waals surface area contributed by atoms with Crippen molar-refractivity contribution < 1.29 is 19.1 Å². The normalized spacial score (nSPS) is 21.3. The minimum absolute atomic E-state index is 0.0325. The number of rotatable bonds is 15. The fourth-order valence-electron chi connectivity index (χ4n) is 5.17. The summed E-state index contributed by atoms with van der Waals surface area (Å²) in [7, 11) is 0. The van der Waals surface area contributed by atoms with Gasteiger partial charge in [-0.15, -0.1) is 0 Å².